The molecule has 170 valence electrons. The standard InChI is InChI=1S/C17H13NO11S3/c19-15-8-13(32(27,28)29)6-10-5-12(31(24,25)26)7-14(16(10)15)18-17(20)9-2-1-3-11(4-9)30(21,22)23/h1-8,19H,(H,18,20)(H,21,22,23)(H,24,25,26)(H,27,28,29). The highest BCUT2D eigenvalue weighted by atomic mass is 32.2. The van der Waals surface area contributed by atoms with Crippen molar-refractivity contribution in [2.24, 2.45) is 0 Å². The maximum absolute atomic E-state index is 12.6. The zero-order valence-corrected chi connectivity index (χ0v) is 17.9. The van der Waals surface area contributed by atoms with Gasteiger partial charge in [0.15, 0.2) is 0 Å². The Bertz CT molecular complexity index is 1590. The minimum atomic E-state index is -4.86. The highest BCUT2D eigenvalue weighted by Gasteiger charge is 2.21. The Kier molecular flexibility index (Phi) is 5.75. The first-order chi connectivity index (χ1) is 14.6. The van der Waals surface area contributed by atoms with E-state index in [1.54, 1.807) is 0 Å². The number of carbonyl (C=O) groups excluding carboxylic acids is 1. The molecule has 32 heavy (non-hydrogen) atoms. The van der Waals surface area contributed by atoms with Gasteiger partial charge in [-0.2, -0.15) is 25.3 Å². The van der Waals surface area contributed by atoms with Crippen molar-refractivity contribution in [1.29, 1.82) is 0 Å². The van der Waals surface area contributed by atoms with Crippen molar-refractivity contribution >= 4 is 52.7 Å². The molecule has 12 nitrogen and oxygen atoms in total. The van der Waals surface area contributed by atoms with Gasteiger partial charge in [-0.05, 0) is 41.8 Å². The van der Waals surface area contributed by atoms with Crippen LogP contribution in [0.2, 0.25) is 0 Å². The van der Waals surface area contributed by atoms with Gasteiger partial charge in [-0.25, -0.2) is 0 Å². The Labute approximate surface area is 181 Å². The zero-order valence-electron chi connectivity index (χ0n) is 15.5. The topological polar surface area (TPSA) is 212 Å². The van der Waals surface area contributed by atoms with Crippen molar-refractivity contribution < 1.29 is 48.8 Å². The Balaban J connectivity index is 2.22. The van der Waals surface area contributed by atoms with Gasteiger partial charge in [0.05, 0.1) is 20.4 Å². The number of anilines is 1. The van der Waals surface area contributed by atoms with Gasteiger partial charge in [0, 0.05) is 17.0 Å². The number of amides is 1. The van der Waals surface area contributed by atoms with Gasteiger partial charge < -0.3 is 10.4 Å². The molecule has 15 heteroatoms. The summed E-state index contributed by atoms with van der Waals surface area (Å²) in [5, 5.41) is 12.0. The number of hydrogen-bond donors (Lipinski definition) is 5. The Morgan fingerprint density at radius 1 is 0.719 bits per heavy atom. The second kappa shape index (κ2) is 7.80. The second-order valence-electron chi connectivity index (χ2n) is 6.42. The quantitative estimate of drug-likeness (QED) is 0.315. The summed E-state index contributed by atoms with van der Waals surface area (Å²) in [5.41, 5.74) is -0.670. The Morgan fingerprint density at radius 3 is 1.78 bits per heavy atom. The molecule has 0 spiro atoms. The first-order valence-electron chi connectivity index (χ1n) is 8.22. The molecule has 0 fully saturated rings. The van der Waals surface area contributed by atoms with E-state index < -0.39 is 62.4 Å². The molecule has 0 heterocycles. The van der Waals surface area contributed by atoms with Gasteiger partial charge in [-0.15, -0.1) is 0 Å². The number of carbonyl (C=O) groups is 1. The predicted molar refractivity (Wildman–Crippen MR) is 109 cm³/mol. The molecule has 0 bridgehead atoms. The van der Waals surface area contributed by atoms with Crippen LogP contribution in [0.25, 0.3) is 10.8 Å². The molecule has 1 amide bonds. The predicted octanol–water partition coefficient (Wildman–Crippen LogP) is 1.54. The molecule has 0 unspecified atom stereocenters. The van der Waals surface area contributed by atoms with Crippen molar-refractivity contribution in [2.75, 3.05) is 5.32 Å². The minimum absolute atomic E-state index is 0.246. The van der Waals surface area contributed by atoms with Crippen molar-refractivity contribution in [2.45, 2.75) is 14.7 Å². The maximum Gasteiger partial charge on any atom is 0.294 e. The van der Waals surface area contributed by atoms with Gasteiger partial charge >= 0.3 is 0 Å². The lowest BCUT2D eigenvalue weighted by molar-refractivity contribution is 0.102. The van der Waals surface area contributed by atoms with E-state index in [2.05, 4.69) is 5.32 Å². The summed E-state index contributed by atoms with van der Waals surface area (Å²) in [6.45, 7) is 0. The second-order valence-corrected chi connectivity index (χ2v) is 10.7. The van der Waals surface area contributed by atoms with Crippen LogP contribution in [-0.4, -0.2) is 49.9 Å². The number of rotatable bonds is 5. The number of nitrogens with one attached hydrogen (secondary N) is 1. The normalized spacial score (nSPS) is 12.6. The van der Waals surface area contributed by atoms with Crippen molar-refractivity contribution in [3.8, 4) is 5.75 Å². The number of phenolic OH excluding ortho intramolecular Hbond substituents is 1. The summed E-state index contributed by atoms with van der Waals surface area (Å²) in [6.07, 6.45) is 0. The molecule has 3 rings (SSSR count). The molecule has 0 saturated carbocycles. The molecule has 3 aromatic carbocycles. The van der Waals surface area contributed by atoms with E-state index >= 15 is 0 Å². The first-order valence-corrected chi connectivity index (χ1v) is 12.5. The van der Waals surface area contributed by atoms with Gasteiger partial charge in [0.25, 0.3) is 36.3 Å². The third-order valence-electron chi connectivity index (χ3n) is 4.21. The van der Waals surface area contributed by atoms with Crippen LogP contribution in [0.1, 0.15) is 10.4 Å². The number of phenols is 1. The van der Waals surface area contributed by atoms with Gasteiger partial charge in [0.2, 0.25) is 0 Å². The van der Waals surface area contributed by atoms with Crippen LogP contribution < -0.4 is 5.32 Å². The van der Waals surface area contributed by atoms with Crippen LogP contribution >= 0.6 is 0 Å². The first kappa shape index (κ1) is 23.6. The minimum Gasteiger partial charge on any atom is -0.507 e. The molecular formula is C17H13NO11S3. The molecule has 0 atom stereocenters. The molecule has 3 aromatic rings. The lowest BCUT2D eigenvalue weighted by atomic mass is 10.1. The van der Waals surface area contributed by atoms with E-state index in [4.69, 9.17) is 4.55 Å². The summed E-state index contributed by atoms with van der Waals surface area (Å²) >= 11 is 0. The molecule has 0 aliphatic heterocycles. The highest BCUT2D eigenvalue weighted by Crippen LogP contribution is 2.37. The molecule has 5 N–H and O–H groups in total. The molecule has 0 aromatic heterocycles. The fourth-order valence-corrected chi connectivity index (χ4v) is 4.43. The van der Waals surface area contributed by atoms with Gasteiger partial charge in [-0.3, -0.25) is 18.5 Å². The van der Waals surface area contributed by atoms with Crippen LogP contribution in [0.15, 0.2) is 63.2 Å². The summed E-state index contributed by atoms with van der Waals surface area (Å²) < 4.78 is 96.3. The number of fused-ring (bicyclic) bond motifs is 1. The van der Waals surface area contributed by atoms with Crippen molar-refractivity contribution in [3.05, 3.63) is 54.1 Å². The van der Waals surface area contributed by atoms with E-state index in [1.807, 2.05) is 0 Å². The summed E-state index contributed by atoms with van der Waals surface area (Å²) in [4.78, 5) is 10.5. The third kappa shape index (κ3) is 4.87. The fraction of sp³-hybridized carbons (Fsp3) is 0. The molecule has 0 saturated heterocycles. The van der Waals surface area contributed by atoms with E-state index in [9.17, 15) is 44.3 Å². The molecule has 0 aliphatic carbocycles. The fourth-order valence-electron chi connectivity index (χ4n) is 2.83. The summed E-state index contributed by atoms with van der Waals surface area (Å²) in [5.74, 6) is -1.76. The lowest BCUT2D eigenvalue weighted by Gasteiger charge is -2.13. The molecule has 0 radical (unpaired) electrons. The van der Waals surface area contributed by atoms with Crippen LogP contribution in [0.4, 0.5) is 5.69 Å². The van der Waals surface area contributed by atoms with E-state index in [-0.39, 0.29) is 16.3 Å². The van der Waals surface area contributed by atoms with Gasteiger partial charge in [0.1, 0.15) is 5.75 Å². The van der Waals surface area contributed by atoms with Crippen LogP contribution in [0, 0.1) is 0 Å². The summed E-state index contributed by atoms with van der Waals surface area (Å²) in [6, 6.07) is 7.20. The largest absolute Gasteiger partial charge is 0.507 e. The van der Waals surface area contributed by atoms with Crippen LogP contribution in [-0.2, 0) is 30.4 Å². The number of aromatic hydroxyl groups is 1. The van der Waals surface area contributed by atoms with E-state index in [1.165, 1.54) is 6.07 Å². The maximum atomic E-state index is 12.6. The monoisotopic (exact) mass is 503 g/mol. The third-order valence-corrected chi connectivity index (χ3v) is 6.73. The average Bonchev–Trinajstić information content (AvgIpc) is 2.65. The Morgan fingerprint density at radius 2 is 1.25 bits per heavy atom. The van der Waals surface area contributed by atoms with E-state index in [0.717, 1.165) is 36.4 Å². The molecule has 0 aliphatic rings. The van der Waals surface area contributed by atoms with Crippen molar-refractivity contribution in [3.63, 3.8) is 0 Å². The SMILES string of the molecule is O=C(Nc1cc(S(=O)(=O)O)cc2cc(S(=O)(=O)O)cc(O)c12)c1cccc(S(=O)(=O)O)c1. The van der Waals surface area contributed by atoms with E-state index in [0.29, 0.717) is 6.07 Å². The zero-order chi connectivity index (χ0) is 24.1. The number of hydrogen-bond acceptors (Lipinski definition) is 8. The molecular weight excluding hydrogens is 490 g/mol. The smallest absolute Gasteiger partial charge is 0.294 e. The van der Waals surface area contributed by atoms with Crippen LogP contribution in [0.3, 0.4) is 0 Å². The van der Waals surface area contributed by atoms with Gasteiger partial charge in [-0.1, -0.05) is 6.07 Å². The lowest BCUT2D eigenvalue weighted by Crippen LogP contribution is -2.14. The number of benzene rings is 3. The Hall–Kier alpha value is -3.08. The van der Waals surface area contributed by atoms with Crippen molar-refractivity contribution in [1.82, 2.24) is 0 Å². The van der Waals surface area contributed by atoms with Crippen LogP contribution in [0.5, 0.6) is 5.75 Å². The summed E-state index contributed by atoms with van der Waals surface area (Å²) in [7, 11) is -14.3. The average molecular weight is 503 g/mol. The highest BCUT2D eigenvalue weighted by molar-refractivity contribution is 7.86.